The van der Waals surface area contributed by atoms with Gasteiger partial charge in [0, 0.05) is 36.3 Å². The van der Waals surface area contributed by atoms with Crippen LogP contribution in [0.4, 0.5) is 0 Å². The van der Waals surface area contributed by atoms with E-state index in [4.69, 9.17) is 9.47 Å². The van der Waals surface area contributed by atoms with Crippen molar-refractivity contribution in [1.29, 1.82) is 0 Å². The summed E-state index contributed by atoms with van der Waals surface area (Å²) in [6.45, 7) is 8.22. The summed E-state index contributed by atoms with van der Waals surface area (Å²) >= 11 is 0. The third kappa shape index (κ3) is 3.57. The van der Waals surface area contributed by atoms with Crippen LogP contribution in [0.2, 0.25) is 0 Å². The van der Waals surface area contributed by atoms with E-state index in [1.165, 1.54) is 0 Å². The number of benzene rings is 2. The van der Waals surface area contributed by atoms with Crippen LogP contribution >= 0.6 is 0 Å². The number of amides is 1. The first-order chi connectivity index (χ1) is 13.1. The maximum atomic E-state index is 13.2. The molecule has 5 nitrogen and oxygen atoms in total. The Morgan fingerprint density at radius 2 is 1.59 bits per heavy atom. The summed E-state index contributed by atoms with van der Waals surface area (Å²) in [6, 6.07) is 15.6. The fourth-order valence-electron chi connectivity index (χ4n) is 3.88. The molecule has 1 fully saturated rings. The Bertz CT molecular complexity index is 782. The number of rotatable bonds is 4. The van der Waals surface area contributed by atoms with Gasteiger partial charge in [0.15, 0.2) is 0 Å². The number of fused-ring (bicyclic) bond motifs is 2. The van der Waals surface area contributed by atoms with E-state index >= 15 is 0 Å². The number of morpholine rings is 1. The molecule has 0 radical (unpaired) electrons. The van der Waals surface area contributed by atoms with Gasteiger partial charge in [-0.1, -0.05) is 36.4 Å². The van der Waals surface area contributed by atoms with E-state index in [-0.39, 0.29) is 17.4 Å². The first kappa shape index (κ1) is 18.0. The molecule has 0 unspecified atom stereocenters. The van der Waals surface area contributed by atoms with E-state index in [1.807, 2.05) is 48.5 Å². The molecule has 0 saturated carbocycles. The molecule has 0 bridgehead atoms. The monoisotopic (exact) mass is 366 g/mol. The average Bonchev–Trinajstić information content (AvgIpc) is 2.71. The first-order valence-electron chi connectivity index (χ1n) is 9.52. The summed E-state index contributed by atoms with van der Waals surface area (Å²) in [7, 11) is 0. The van der Waals surface area contributed by atoms with Gasteiger partial charge in [-0.3, -0.25) is 9.69 Å². The highest BCUT2D eigenvalue weighted by molar-refractivity contribution is 5.89. The minimum Gasteiger partial charge on any atom is -0.457 e. The predicted octanol–water partition coefficient (Wildman–Crippen LogP) is 3.15. The van der Waals surface area contributed by atoms with Crippen LogP contribution in [-0.4, -0.2) is 49.2 Å². The van der Waals surface area contributed by atoms with Crippen molar-refractivity contribution < 1.29 is 14.3 Å². The third-order valence-corrected chi connectivity index (χ3v) is 5.50. The van der Waals surface area contributed by atoms with Crippen LogP contribution in [-0.2, 0) is 9.53 Å². The SMILES string of the molecule is CC(C)(CNC(=O)C1c2ccccc2Oc2ccccc21)N1CCOCC1. The third-order valence-electron chi connectivity index (χ3n) is 5.50. The minimum absolute atomic E-state index is 0.0135. The van der Waals surface area contributed by atoms with Crippen molar-refractivity contribution in [3.8, 4) is 11.5 Å². The number of carbonyl (C=O) groups is 1. The fraction of sp³-hybridized carbons (Fsp3) is 0.409. The quantitative estimate of drug-likeness (QED) is 0.903. The van der Waals surface area contributed by atoms with Gasteiger partial charge in [-0.05, 0) is 26.0 Å². The highest BCUT2D eigenvalue weighted by Gasteiger charge is 2.34. The molecule has 2 heterocycles. The van der Waals surface area contributed by atoms with Crippen molar-refractivity contribution >= 4 is 5.91 Å². The summed E-state index contributed by atoms with van der Waals surface area (Å²) in [6.07, 6.45) is 0. The largest absolute Gasteiger partial charge is 0.457 e. The van der Waals surface area contributed by atoms with Crippen LogP contribution in [0.1, 0.15) is 30.9 Å². The number of para-hydroxylation sites is 2. The lowest BCUT2D eigenvalue weighted by atomic mass is 9.87. The normalized spacial score (nSPS) is 17.6. The minimum atomic E-state index is -0.355. The van der Waals surface area contributed by atoms with E-state index in [9.17, 15) is 4.79 Å². The number of nitrogens with one attached hydrogen (secondary N) is 1. The molecule has 142 valence electrons. The Balaban J connectivity index is 1.55. The lowest BCUT2D eigenvalue weighted by Gasteiger charge is -2.41. The van der Waals surface area contributed by atoms with Gasteiger partial charge in [0.1, 0.15) is 11.5 Å². The fourth-order valence-corrected chi connectivity index (χ4v) is 3.88. The van der Waals surface area contributed by atoms with Gasteiger partial charge in [0.05, 0.1) is 19.1 Å². The maximum absolute atomic E-state index is 13.2. The molecule has 1 N–H and O–H groups in total. The molecule has 0 atom stereocenters. The molecule has 1 amide bonds. The highest BCUT2D eigenvalue weighted by Crippen LogP contribution is 2.43. The van der Waals surface area contributed by atoms with E-state index in [0.717, 1.165) is 48.9 Å². The van der Waals surface area contributed by atoms with Gasteiger partial charge in [0.25, 0.3) is 0 Å². The van der Waals surface area contributed by atoms with E-state index in [2.05, 4.69) is 24.1 Å². The molecule has 4 rings (SSSR count). The van der Waals surface area contributed by atoms with E-state index < -0.39 is 0 Å². The predicted molar refractivity (Wildman–Crippen MR) is 104 cm³/mol. The first-order valence-corrected chi connectivity index (χ1v) is 9.52. The molecular formula is C22H26N2O3. The van der Waals surface area contributed by atoms with Crippen LogP contribution in [0.15, 0.2) is 48.5 Å². The summed E-state index contributed by atoms with van der Waals surface area (Å²) in [5.41, 5.74) is 1.71. The number of hydrogen-bond donors (Lipinski definition) is 1. The number of carbonyl (C=O) groups excluding carboxylic acids is 1. The molecule has 2 aromatic rings. The Morgan fingerprint density at radius 3 is 2.19 bits per heavy atom. The molecule has 0 spiro atoms. The molecule has 0 aromatic heterocycles. The van der Waals surface area contributed by atoms with Crippen molar-refractivity contribution in [2.45, 2.75) is 25.3 Å². The average molecular weight is 366 g/mol. The zero-order valence-corrected chi connectivity index (χ0v) is 15.9. The molecular weight excluding hydrogens is 340 g/mol. The van der Waals surface area contributed by atoms with Gasteiger partial charge in [0.2, 0.25) is 5.91 Å². The van der Waals surface area contributed by atoms with Gasteiger partial charge in [-0.2, -0.15) is 0 Å². The second kappa shape index (κ2) is 7.33. The maximum Gasteiger partial charge on any atom is 0.232 e. The summed E-state index contributed by atoms with van der Waals surface area (Å²) in [5, 5.41) is 3.19. The van der Waals surface area contributed by atoms with Gasteiger partial charge in [-0.25, -0.2) is 0 Å². The Kier molecular flexibility index (Phi) is 4.89. The Hall–Kier alpha value is -2.37. The molecule has 27 heavy (non-hydrogen) atoms. The van der Waals surface area contributed by atoms with Crippen molar-refractivity contribution in [2.24, 2.45) is 0 Å². The summed E-state index contributed by atoms with van der Waals surface area (Å²) < 4.78 is 11.4. The molecule has 2 aliphatic rings. The molecule has 5 heteroatoms. The zero-order valence-electron chi connectivity index (χ0n) is 15.9. The number of nitrogens with zero attached hydrogens (tertiary/aromatic N) is 1. The van der Waals surface area contributed by atoms with E-state index in [0.29, 0.717) is 6.54 Å². The smallest absolute Gasteiger partial charge is 0.232 e. The lowest BCUT2D eigenvalue weighted by Crippen LogP contribution is -2.55. The van der Waals surface area contributed by atoms with Crippen LogP contribution in [0.3, 0.4) is 0 Å². The number of ether oxygens (including phenoxy) is 2. The van der Waals surface area contributed by atoms with Crippen molar-refractivity contribution in [3.63, 3.8) is 0 Å². The second-order valence-corrected chi connectivity index (χ2v) is 7.74. The molecule has 2 aromatic carbocycles. The standard InChI is InChI=1S/C22H26N2O3/c1-22(2,24-11-13-26-14-12-24)15-23-21(25)20-16-7-3-5-9-18(16)27-19-10-6-4-8-17(19)20/h3-10,20H,11-15H2,1-2H3,(H,23,25). The lowest BCUT2D eigenvalue weighted by molar-refractivity contribution is -0.122. The molecule has 0 aliphatic carbocycles. The Labute approximate surface area is 160 Å². The Morgan fingerprint density at radius 1 is 1.04 bits per heavy atom. The van der Waals surface area contributed by atoms with Crippen molar-refractivity contribution in [1.82, 2.24) is 10.2 Å². The highest BCUT2D eigenvalue weighted by atomic mass is 16.5. The topological polar surface area (TPSA) is 50.8 Å². The summed E-state index contributed by atoms with van der Waals surface area (Å²) in [4.78, 5) is 15.6. The van der Waals surface area contributed by atoms with E-state index in [1.54, 1.807) is 0 Å². The van der Waals surface area contributed by atoms with Crippen LogP contribution in [0.25, 0.3) is 0 Å². The second-order valence-electron chi connectivity index (χ2n) is 7.74. The molecule has 2 aliphatic heterocycles. The summed E-state index contributed by atoms with van der Waals surface area (Å²) in [5.74, 6) is 1.17. The van der Waals surface area contributed by atoms with Gasteiger partial charge in [-0.15, -0.1) is 0 Å². The van der Waals surface area contributed by atoms with Gasteiger partial charge >= 0.3 is 0 Å². The van der Waals surface area contributed by atoms with Crippen molar-refractivity contribution in [2.75, 3.05) is 32.8 Å². The van der Waals surface area contributed by atoms with Crippen LogP contribution in [0.5, 0.6) is 11.5 Å². The van der Waals surface area contributed by atoms with Gasteiger partial charge < -0.3 is 14.8 Å². The van der Waals surface area contributed by atoms with Crippen LogP contribution in [0, 0.1) is 0 Å². The zero-order chi connectivity index (χ0) is 18.9. The van der Waals surface area contributed by atoms with Crippen molar-refractivity contribution in [3.05, 3.63) is 59.7 Å². The molecule has 1 saturated heterocycles. The number of hydrogen-bond acceptors (Lipinski definition) is 4. The van der Waals surface area contributed by atoms with Crippen LogP contribution < -0.4 is 10.1 Å².